The number of nitrogens with zero attached hydrogens (tertiary/aromatic N) is 1. The molecule has 2 amide bonds. The van der Waals surface area contributed by atoms with Gasteiger partial charge in [-0.3, -0.25) is 14.5 Å². The molecule has 0 spiro atoms. The largest absolute Gasteiger partial charge is 0.508 e. The molecule has 132 valence electrons. The molecule has 3 N–H and O–H groups in total. The molecule has 0 aliphatic carbocycles. The Morgan fingerprint density at radius 1 is 1.04 bits per heavy atom. The van der Waals surface area contributed by atoms with Crippen LogP contribution >= 0.6 is 0 Å². The fourth-order valence-corrected chi connectivity index (χ4v) is 2.42. The van der Waals surface area contributed by atoms with E-state index in [1.54, 1.807) is 26.0 Å². The van der Waals surface area contributed by atoms with Gasteiger partial charge in [-0.15, -0.1) is 0 Å². The summed E-state index contributed by atoms with van der Waals surface area (Å²) in [7, 11) is 0. The molecular formula is C19H21FN2O3. The van der Waals surface area contributed by atoms with Gasteiger partial charge in [0.1, 0.15) is 11.6 Å². The summed E-state index contributed by atoms with van der Waals surface area (Å²) < 4.78 is 13.3. The van der Waals surface area contributed by atoms with Crippen molar-refractivity contribution in [1.82, 2.24) is 0 Å². The van der Waals surface area contributed by atoms with Crippen LogP contribution in [0.5, 0.6) is 5.75 Å². The van der Waals surface area contributed by atoms with Crippen LogP contribution in [0.1, 0.15) is 26.7 Å². The van der Waals surface area contributed by atoms with Gasteiger partial charge in [0.25, 0.3) is 0 Å². The Kier molecular flexibility index (Phi) is 5.41. The van der Waals surface area contributed by atoms with Crippen LogP contribution in [0.3, 0.4) is 0 Å². The number of rotatable bonds is 6. The first-order valence-corrected chi connectivity index (χ1v) is 7.88. The predicted octanol–water partition coefficient (Wildman–Crippen LogP) is 3.49. The highest BCUT2D eigenvalue weighted by atomic mass is 19.1. The molecule has 0 fully saturated rings. The normalized spacial score (nSPS) is 11.2. The van der Waals surface area contributed by atoms with Crippen molar-refractivity contribution < 1.29 is 19.1 Å². The van der Waals surface area contributed by atoms with Crippen LogP contribution in [0.2, 0.25) is 0 Å². The van der Waals surface area contributed by atoms with Crippen LogP contribution in [0.25, 0.3) is 0 Å². The average molecular weight is 344 g/mol. The van der Waals surface area contributed by atoms with Crippen molar-refractivity contribution in [1.29, 1.82) is 0 Å². The van der Waals surface area contributed by atoms with Gasteiger partial charge in [-0.05, 0) is 55.0 Å². The summed E-state index contributed by atoms with van der Waals surface area (Å²) in [5, 5.41) is 9.48. The molecule has 0 radical (unpaired) electrons. The quantitative estimate of drug-likeness (QED) is 0.841. The number of amides is 2. The number of halogens is 1. The lowest BCUT2D eigenvalue weighted by molar-refractivity contribution is -0.126. The highest BCUT2D eigenvalue weighted by molar-refractivity contribution is 6.03. The maximum Gasteiger partial charge on any atom is 0.237 e. The summed E-state index contributed by atoms with van der Waals surface area (Å²) in [4.78, 5) is 25.7. The standard InChI is InChI=1S/C19H21FN2O3/c1-19(2,12-11-17(21)24)18(25)22(14-5-3-13(20)4-6-14)15-7-9-16(23)10-8-15/h3-10,23H,11-12H2,1-2H3,(H2,21,24). The van der Waals surface area contributed by atoms with Gasteiger partial charge in [0.05, 0.1) is 0 Å². The van der Waals surface area contributed by atoms with Crippen molar-refractivity contribution in [2.45, 2.75) is 26.7 Å². The maximum absolute atomic E-state index is 13.3. The molecule has 0 saturated heterocycles. The van der Waals surface area contributed by atoms with Crippen molar-refractivity contribution in [3.05, 3.63) is 54.3 Å². The second kappa shape index (κ2) is 7.34. The Hall–Kier alpha value is -2.89. The number of anilines is 2. The maximum atomic E-state index is 13.3. The van der Waals surface area contributed by atoms with Crippen LogP contribution in [-0.2, 0) is 9.59 Å². The van der Waals surface area contributed by atoms with Crippen LogP contribution < -0.4 is 10.6 Å². The molecule has 0 unspecified atom stereocenters. The third-order valence-corrected chi connectivity index (χ3v) is 3.97. The summed E-state index contributed by atoms with van der Waals surface area (Å²) in [6, 6.07) is 11.7. The van der Waals surface area contributed by atoms with E-state index < -0.39 is 17.1 Å². The Labute approximate surface area is 145 Å². The fourth-order valence-electron chi connectivity index (χ4n) is 2.42. The average Bonchev–Trinajstić information content (AvgIpc) is 2.56. The number of phenolic OH excluding ortho intramolecular Hbond substituents is 1. The van der Waals surface area contributed by atoms with E-state index in [-0.39, 0.29) is 24.5 Å². The van der Waals surface area contributed by atoms with E-state index in [4.69, 9.17) is 5.73 Å². The molecule has 2 aromatic rings. The Bertz CT molecular complexity index is 710. The van der Waals surface area contributed by atoms with E-state index in [0.717, 1.165) is 0 Å². The van der Waals surface area contributed by atoms with Crippen LogP contribution in [0.4, 0.5) is 15.8 Å². The van der Waals surface area contributed by atoms with Crippen LogP contribution in [0.15, 0.2) is 48.5 Å². The molecule has 6 heteroatoms. The van der Waals surface area contributed by atoms with E-state index in [1.165, 1.54) is 41.3 Å². The molecule has 5 nitrogen and oxygen atoms in total. The second-order valence-corrected chi connectivity index (χ2v) is 6.48. The smallest absolute Gasteiger partial charge is 0.237 e. The lowest BCUT2D eigenvalue weighted by Gasteiger charge is -2.32. The van der Waals surface area contributed by atoms with Gasteiger partial charge in [0.2, 0.25) is 11.8 Å². The summed E-state index contributed by atoms with van der Waals surface area (Å²) >= 11 is 0. The van der Waals surface area contributed by atoms with E-state index in [9.17, 15) is 19.1 Å². The summed E-state index contributed by atoms with van der Waals surface area (Å²) in [6.07, 6.45) is 0.378. The van der Waals surface area contributed by atoms with Crippen LogP contribution in [-0.4, -0.2) is 16.9 Å². The number of phenols is 1. The third kappa shape index (κ3) is 4.56. The number of hydrogen-bond donors (Lipinski definition) is 2. The van der Waals surface area contributed by atoms with Crippen molar-refractivity contribution in [3.63, 3.8) is 0 Å². The zero-order valence-corrected chi connectivity index (χ0v) is 14.2. The molecule has 0 atom stereocenters. The number of carbonyl (C=O) groups is 2. The predicted molar refractivity (Wildman–Crippen MR) is 93.9 cm³/mol. The van der Waals surface area contributed by atoms with Crippen molar-refractivity contribution in [2.75, 3.05) is 4.90 Å². The monoisotopic (exact) mass is 344 g/mol. The first-order valence-electron chi connectivity index (χ1n) is 7.88. The summed E-state index contributed by atoms with van der Waals surface area (Å²) in [6.45, 7) is 3.46. The molecule has 2 aromatic carbocycles. The number of primary amides is 1. The Balaban J connectivity index is 2.43. The van der Waals surface area contributed by atoms with Gasteiger partial charge in [-0.1, -0.05) is 13.8 Å². The fraction of sp³-hybridized carbons (Fsp3) is 0.263. The zero-order valence-electron chi connectivity index (χ0n) is 14.2. The second-order valence-electron chi connectivity index (χ2n) is 6.48. The number of aromatic hydroxyl groups is 1. The minimum absolute atomic E-state index is 0.0724. The van der Waals surface area contributed by atoms with Crippen molar-refractivity contribution >= 4 is 23.2 Å². The highest BCUT2D eigenvalue weighted by Gasteiger charge is 2.34. The minimum Gasteiger partial charge on any atom is -0.508 e. The van der Waals surface area contributed by atoms with E-state index in [2.05, 4.69) is 0 Å². The molecule has 0 aliphatic heterocycles. The molecule has 0 aromatic heterocycles. The van der Waals surface area contributed by atoms with Gasteiger partial charge < -0.3 is 10.8 Å². The van der Waals surface area contributed by atoms with E-state index in [1.807, 2.05) is 0 Å². The molecule has 0 bridgehead atoms. The Morgan fingerprint density at radius 2 is 1.52 bits per heavy atom. The lowest BCUT2D eigenvalue weighted by Crippen LogP contribution is -2.38. The minimum atomic E-state index is -0.860. The van der Waals surface area contributed by atoms with E-state index in [0.29, 0.717) is 11.4 Å². The summed E-state index contributed by atoms with van der Waals surface area (Å²) in [5.41, 5.74) is 5.36. The molecule has 2 rings (SSSR count). The highest BCUT2D eigenvalue weighted by Crippen LogP contribution is 2.34. The molecule has 0 heterocycles. The summed E-state index contributed by atoms with van der Waals surface area (Å²) in [5.74, 6) is -1.07. The third-order valence-electron chi connectivity index (χ3n) is 3.97. The van der Waals surface area contributed by atoms with E-state index >= 15 is 0 Å². The number of carbonyl (C=O) groups excluding carboxylic acids is 2. The number of nitrogens with two attached hydrogens (primary N) is 1. The van der Waals surface area contributed by atoms with Gasteiger partial charge in [0, 0.05) is 23.2 Å². The SMILES string of the molecule is CC(C)(CCC(N)=O)C(=O)N(c1ccc(O)cc1)c1ccc(F)cc1. The molecular weight excluding hydrogens is 323 g/mol. The first-order chi connectivity index (χ1) is 11.7. The van der Waals surface area contributed by atoms with Gasteiger partial charge >= 0.3 is 0 Å². The lowest BCUT2D eigenvalue weighted by atomic mass is 9.85. The molecule has 0 saturated carbocycles. The van der Waals surface area contributed by atoms with Gasteiger partial charge in [0.15, 0.2) is 0 Å². The van der Waals surface area contributed by atoms with Crippen molar-refractivity contribution in [3.8, 4) is 5.75 Å². The zero-order chi connectivity index (χ0) is 18.6. The molecule has 25 heavy (non-hydrogen) atoms. The van der Waals surface area contributed by atoms with Crippen LogP contribution in [0, 0.1) is 11.2 Å². The topological polar surface area (TPSA) is 83.6 Å². The van der Waals surface area contributed by atoms with Gasteiger partial charge in [-0.2, -0.15) is 0 Å². The first kappa shape index (κ1) is 18.4. The van der Waals surface area contributed by atoms with Gasteiger partial charge in [-0.25, -0.2) is 4.39 Å². The number of hydrogen-bond acceptors (Lipinski definition) is 3. The van der Waals surface area contributed by atoms with Crippen molar-refractivity contribution in [2.24, 2.45) is 11.1 Å². The molecule has 0 aliphatic rings. The Morgan fingerprint density at radius 3 is 2.00 bits per heavy atom. The number of benzene rings is 2.